The molecule has 0 aliphatic carbocycles. The third-order valence-electron chi connectivity index (χ3n) is 4.34. The van der Waals surface area contributed by atoms with Gasteiger partial charge in [-0.2, -0.15) is 0 Å². The minimum Gasteiger partial charge on any atom is -0.497 e. The number of carbonyl (C=O) groups excluding carboxylic acids is 2. The maximum Gasteiger partial charge on any atom is 0.270 e. The molecule has 2 N–H and O–H groups in total. The number of hydrogen-bond acceptors (Lipinski definition) is 4. The first kappa shape index (κ1) is 19.2. The van der Waals surface area contributed by atoms with Crippen molar-refractivity contribution in [2.75, 3.05) is 25.5 Å². The summed E-state index contributed by atoms with van der Waals surface area (Å²) < 4.78 is 5.13. The smallest absolute Gasteiger partial charge is 0.270 e. The lowest BCUT2D eigenvalue weighted by Gasteiger charge is -2.20. The Morgan fingerprint density at radius 2 is 1.89 bits per heavy atom. The van der Waals surface area contributed by atoms with Crippen LogP contribution in [0.4, 0.5) is 5.69 Å². The Labute approximate surface area is 161 Å². The van der Waals surface area contributed by atoms with Crippen LogP contribution in [-0.2, 0) is 4.79 Å². The number of aromatic nitrogens is 1. The van der Waals surface area contributed by atoms with Crippen molar-refractivity contribution in [2.45, 2.75) is 6.92 Å². The highest BCUT2D eigenvalue weighted by molar-refractivity contribution is 6.00. The van der Waals surface area contributed by atoms with Crippen LogP contribution < -0.4 is 15.6 Å². The quantitative estimate of drug-likeness (QED) is 0.689. The Morgan fingerprint density at radius 1 is 1.11 bits per heavy atom. The van der Waals surface area contributed by atoms with Crippen LogP contribution >= 0.6 is 0 Å². The Kier molecular flexibility index (Phi) is 5.74. The van der Waals surface area contributed by atoms with Gasteiger partial charge in [0.1, 0.15) is 18.0 Å². The molecule has 2 aromatic carbocycles. The fraction of sp³-hybridized carbons (Fsp3) is 0.190. The molecule has 0 radical (unpaired) electrons. The van der Waals surface area contributed by atoms with Gasteiger partial charge in [0.2, 0.25) is 5.91 Å². The molecule has 7 heteroatoms. The highest BCUT2D eigenvalue weighted by Crippen LogP contribution is 2.17. The highest BCUT2D eigenvalue weighted by atomic mass is 16.5. The second-order valence-electron chi connectivity index (χ2n) is 6.20. The summed E-state index contributed by atoms with van der Waals surface area (Å²) in [7, 11) is 1.54. The van der Waals surface area contributed by atoms with Crippen LogP contribution in [0.5, 0.6) is 5.75 Å². The summed E-state index contributed by atoms with van der Waals surface area (Å²) in [4.78, 5) is 41.4. The number of pyridine rings is 1. The van der Waals surface area contributed by atoms with E-state index in [1.807, 2.05) is 0 Å². The summed E-state index contributed by atoms with van der Waals surface area (Å²) in [5, 5.41) is 3.93. The number of hydrogen-bond donors (Lipinski definition) is 2. The Bertz CT molecular complexity index is 1070. The van der Waals surface area contributed by atoms with Crippen molar-refractivity contribution >= 4 is 28.3 Å². The molecular weight excluding hydrogens is 358 g/mol. The van der Waals surface area contributed by atoms with Crippen molar-refractivity contribution in [1.29, 1.82) is 0 Å². The molecule has 1 aromatic heterocycles. The zero-order valence-corrected chi connectivity index (χ0v) is 15.7. The van der Waals surface area contributed by atoms with Crippen molar-refractivity contribution < 1.29 is 14.3 Å². The minimum atomic E-state index is -0.411. The summed E-state index contributed by atoms with van der Waals surface area (Å²) in [6, 6.07) is 15.6. The molecular formula is C21H21N3O4. The third kappa shape index (κ3) is 4.20. The Balaban J connectivity index is 1.76. The van der Waals surface area contributed by atoms with Gasteiger partial charge in [-0.1, -0.05) is 24.3 Å². The topological polar surface area (TPSA) is 91.5 Å². The van der Waals surface area contributed by atoms with E-state index in [-0.39, 0.29) is 23.7 Å². The number of likely N-dealkylation sites (N-methyl/N-ethyl adjacent to an activating group) is 1. The molecule has 3 rings (SSSR count). The van der Waals surface area contributed by atoms with Crippen LogP contribution in [0.3, 0.4) is 0 Å². The third-order valence-corrected chi connectivity index (χ3v) is 4.34. The summed E-state index contributed by atoms with van der Waals surface area (Å²) in [6.45, 7) is 1.95. The van der Waals surface area contributed by atoms with E-state index in [4.69, 9.17) is 4.74 Å². The van der Waals surface area contributed by atoms with E-state index < -0.39 is 5.91 Å². The van der Waals surface area contributed by atoms with E-state index in [0.29, 0.717) is 28.8 Å². The van der Waals surface area contributed by atoms with Crippen molar-refractivity contribution in [3.63, 3.8) is 0 Å². The molecule has 0 spiro atoms. The standard InChI is InChI=1S/C21H21N3O4/c1-3-24(13-19(25)22-15-8-6-9-16(12-15)28-2)21(27)18-11-14-7-4-5-10-17(14)20(26)23-18/h4-12H,3,13H2,1-2H3,(H,22,25)(H,23,26). The van der Waals surface area contributed by atoms with Crippen LogP contribution in [0.25, 0.3) is 10.8 Å². The van der Waals surface area contributed by atoms with Gasteiger partial charge in [0.25, 0.3) is 11.5 Å². The van der Waals surface area contributed by atoms with Crippen molar-refractivity contribution in [2.24, 2.45) is 0 Å². The number of methoxy groups -OCH3 is 1. The maximum absolute atomic E-state index is 12.8. The molecule has 2 amide bonds. The van der Waals surface area contributed by atoms with E-state index in [1.165, 1.54) is 4.90 Å². The molecule has 0 unspecified atom stereocenters. The predicted octanol–water partition coefficient (Wildman–Crippen LogP) is 2.64. The molecule has 3 aromatic rings. The van der Waals surface area contributed by atoms with E-state index in [2.05, 4.69) is 10.3 Å². The summed E-state index contributed by atoms with van der Waals surface area (Å²) in [6.07, 6.45) is 0. The number of nitrogens with one attached hydrogen (secondary N) is 2. The fourth-order valence-electron chi connectivity index (χ4n) is 2.90. The van der Waals surface area contributed by atoms with Gasteiger partial charge in [-0.25, -0.2) is 0 Å². The minimum absolute atomic E-state index is 0.137. The molecule has 144 valence electrons. The first-order chi connectivity index (χ1) is 13.5. The SMILES string of the molecule is CCN(CC(=O)Nc1cccc(OC)c1)C(=O)c1cc2ccccc2c(=O)[nH]1. The predicted molar refractivity (Wildman–Crippen MR) is 108 cm³/mol. The van der Waals surface area contributed by atoms with E-state index in [9.17, 15) is 14.4 Å². The van der Waals surface area contributed by atoms with Crippen molar-refractivity contribution in [3.8, 4) is 5.75 Å². The Hall–Kier alpha value is -3.61. The zero-order chi connectivity index (χ0) is 20.1. The summed E-state index contributed by atoms with van der Waals surface area (Å²) in [5.41, 5.74) is 0.394. The number of carbonyl (C=O) groups is 2. The zero-order valence-electron chi connectivity index (χ0n) is 15.7. The van der Waals surface area contributed by atoms with E-state index in [0.717, 1.165) is 0 Å². The maximum atomic E-state index is 12.8. The van der Waals surface area contributed by atoms with Gasteiger partial charge in [-0.05, 0) is 36.6 Å². The monoisotopic (exact) mass is 379 g/mol. The van der Waals surface area contributed by atoms with Gasteiger partial charge in [-0.15, -0.1) is 0 Å². The first-order valence-corrected chi connectivity index (χ1v) is 8.87. The highest BCUT2D eigenvalue weighted by Gasteiger charge is 2.19. The number of ether oxygens (including phenoxy) is 1. The molecule has 0 atom stereocenters. The average Bonchev–Trinajstić information content (AvgIpc) is 2.71. The number of benzene rings is 2. The van der Waals surface area contributed by atoms with Crippen LogP contribution in [-0.4, -0.2) is 41.9 Å². The van der Waals surface area contributed by atoms with Crippen LogP contribution in [0.2, 0.25) is 0 Å². The first-order valence-electron chi connectivity index (χ1n) is 8.87. The Morgan fingerprint density at radius 3 is 2.64 bits per heavy atom. The molecule has 0 bridgehead atoms. The van der Waals surface area contributed by atoms with Crippen LogP contribution in [0.15, 0.2) is 59.4 Å². The van der Waals surface area contributed by atoms with Gasteiger partial charge in [0.05, 0.1) is 7.11 Å². The normalized spacial score (nSPS) is 10.5. The molecule has 0 fully saturated rings. The fourth-order valence-corrected chi connectivity index (χ4v) is 2.90. The number of amides is 2. The average molecular weight is 379 g/mol. The molecule has 0 saturated heterocycles. The summed E-state index contributed by atoms with van der Waals surface area (Å²) >= 11 is 0. The lowest BCUT2D eigenvalue weighted by molar-refractivity contribution is -0.116. The largest absolute Gasteiger partial charge is 0.497 e. The van der Waals surface area contributed by atoms with Gasteiger partial charge >= 0.3 is 0 Å². The molecule has 0 aliphatic heterocycles. The second-order valence-corrected chi connectivity index (χ2v) is 6.20. The number of anilines is 1. The number of aromatic amines is 1. The number of fused-ring (bicyclic) bond motifs is 1. The molecule has 1 heterocycles. The second kappa shape index (κ2) is 8.39. The van der Waals surface area contributed by atoms with Crippen molar-refractivity contribution in [3.05, 3.63) is 70.6 Å². The van der Waals surface area contributed by atoms with Gasteiger partial charge in [0.15, 0.2) is 0 Å². The lowest BCUT2D eigenvalue weighted by Crippen LogP contribution is -2.38. The van der Waals surface area contributed by atoms with Gasteiger partial charge in [-0.3, -0.25) is 14.4 Å². The molecule has 7 nitrogen and oxygen atoms in total. The molecule has 0 aliphatic rings. The number of H-pyrrole nitrogens is 1. The molecule has 28 heavy (non-hydrogen) atoms. The van der Waals surface area contributed by atoms with E-state index >= 15 is 0 Å². The number of nitrogens with zero attached hydrogens (tertiary/aromatic N) is 1. The van der Waals surface area contributed by atoms with E-state index in [1.54, 1.807) is 68.6 Å². The number of rotatable bonds is 6. The van der Waals surface area contributed by atoms with Crippen LogP contribution in [0.1, 0.15) is 17.4 Å². The van der Waals surface area contributed by atoms with Crippen LogP contribution in [0, 0.1) is 0 Å². The van der Waals surface area contributed by atoms with Gasteiger partial charge < -0.3 is 19.9 Å². The summed E-state index contributed by atoms with van der Waals surface area (Å²) in [5.74, 6) is -0.132. The van der Waals surface area contributed by atoms with Gasteiger partial charge in [0, 0.05) is 23.7 Å². The molecule has 0 saturated carbocycles. The van der Waals surface area contributed by atoms with Crippen molar-refractivity contribution in [1.82, 2.24) is 9.88 Å². The lowest BCUT2D eigenvalue weighted by atomic mass is 10.1.